The Morgan fingerprint density at radius 3 is 3.05 bits per heavy atom. The lowest BCUT2D eigenvalue weighted by molar-refractivity contribution is 0.0501. The lowest BCUT2D eigenvalue weighted by Gasteiger charge is -2.05. The van der Waals surface area contributed by atoms with Gasteiger partial charge in [0.1, 0.15) is 0 Å². The van der Waals surface area contributed by atoms with Crippen molar-refractivity contribution in [3.8, 4) is 0 Å². The second-order valence-electron chi connectivity index (χ2n) is 4.51. The van der Waals surface area contributed by atoms with E-state index in [2.05, 4.69) is 32.8 Å². The van der Waals surface area contributed by atoms with Gasteiger partial charge in [0.15, 0.2) is 0 Å². The van der Waals surface area contributed by atoms with Crippen molar-refractivity contribution in [2.75, 3.05) is 13.2 Å². The Labute approximate surface area is 136 Å². The van der Waals surface area contributed by atoms with E-state index in [1.54, 1.807) is 24.5 Å². The first-order valence-electron chi connectivity index (χ1n) is 6.61. The van der Waals surface area contributed by atoms with Gasteiger partial charge < -0.3 is 15.0 Å². The molecule has 112 valence electrons. The molecule has 0 fully saturated rings. The normalized spacial score (nSPS) is 10.6. The van der Waals surface area contributed by atoms with Crippen molar-refractivity contribution in [1.29, 1.82) is 0 Å². The van der Waals surface area contributed by atoms with Gasteiger partial charge in [0.05, 0.1) is 12.2 Å². The smallest absolute Gasteiger partial charge is 0.340 e. The number of halogens is 2. The highest BCUT2D eigenvalue weighted by Gasteiger charge is 2.16. The molecule has 0 saturated heterocycles. The molecule has 0 spiro atoms. The topological polar surface area (TPSA) is 54.1 Å². The summed E-state index contributed by atoms with van der Waals surface area (Å²) in [5.41, 5.74) is 1.31. The maximum absolute atomic E-state index is 12.1. The lowest BCUT2D eigenvalue weighted by Crippen LogP contribution is -2.10. The van der Waals surface area contributed by atoms with E-state index in [9.17, 15) is 4.79 Å². The van der Waals surface area contributed by atoms with Gasteiger partial charge >= 0.3 is 5.97 Å². The molecule has 21 heavy (non-hydrogen) atoms. The van der Waals surface area contributed by atoms with Crippen molar-refractivity contribution in [3.63, 3.8) is 0 Å². The monoisotopic (exact) mass is 370 g/mol. The molecule has 1 aromatic carbocycles. The van der Waals surface area contributed by atoms with Crippen LogP contribution in [0.4, 0.5) is 0 Å². The number of esters is 1. The van der Waals surface area contributed by atoms with Gasteiger partial charge in [-0.2, -0.15) is 0 Å². The highest BCUT2D eigenvalue weighted by Crippen LogP contribution is 2.30. The third-order valence-corrected chi connectivity index (χ3v) is 3.85. The summed E-state index contributed by atoms with van der Waals surface area (Å²) >= 11 is 9.40. The van der Waals surface area contributed by atoms with Crippen molar-refractivity contribution in [1.82, 2.24) is 10.3 Å². The van der Waals surface area contributed by atoms with Gasteiger partial charge in [0.25, 0.3) is 0 Å². The van der Waals surface area contributed by atoms with E-state index in [1.807, 2.05) is 0 Å². The van der Waals surface area contributed by atoms with E-state index in [0.717, 1.165) is 34.8 Å². The van der Waals surface area contributed by atoms with E-state index in [4.69, 9.17) is 16.3 Å². The minimum absolute atomic E-state index is 0.332. The number of benzene rings is 1. The number of H-pyrrole nitrogens is 1. The number of carbonyl (C=O) groups excluding carboxylic acids is 1. The summed E-state index contributed by atoms with van der Waals surface area (Å²) in [5.74, 6) is -0.332. The summed E-state index contributed by atoms with van der Waals surface area (Å²) in [7, 11) is 0. The third kappa shape index (κ3) is 4.02. The largest absolute Gasteiger partial charge is 0.462 e. The van der Waals surface area contributed by atoms with Crippen LogP contribution in [0.15, 0.2) is 35.6 Å². The Kier molecular flexibility index (Phi) is 5.70. The third-order valence-electron chi connectivity index (χ3n) is 3.01. The quantitative estimate of drug-likeness (QED) is 0.565. The van der Waals surface area contributed by atoms with Crippen LogP contribution in [0.5, 0.6) is 0 Å². The summed E-state index contributed by atoms with van der Waals surface area (Å²) in [6.07, 6.45) is 5.03. The molecule has 2 rings (SSSR count). The summed E-state index contributed by atoms with van der Waals surface area (Å²) in [6, 6.07) is 3.54. The maximum atomic E-state index is 12.1. The Balaban J connectivity index is 1.98. The molecule has 0 bridgehead atoms. The molecule has 0 saturated carbocycles. The minimum Gasteiger partial charge on any atom is -0.462 e. The molecule has 2 aromatic rings. The second-order valence-corrected chi connectivity index (χ2v) is 5.80. The van der Waals surface area contributed by atoms with E-state index in [0.29, 0.717) is 17.2 Å². The van der Waals surface area contributed by atoms with Crippen molar-refractivity contribution >= 4 is 44.4 Å². The van der Waals surface area contributed by atoms with Gasteiger partial charge in [-0.15, -0.1) is 0 Å². The van der Waals surface area contributed by atoms with Crippen LogP contribution in [0.25, 0.3) is 10.9 Å². The number of carbonyl (C=O) groups is 1. The number of aromatic amines is 1. The summed E-state index contributed by atoms with van der Waals surface area (Å²) < 4.78 is 6.07. The van der Waals surface area contributed by atoms with Crippen LogP contribution in [0.2, 0.25) is 5.02 Å². The Bertz CT molecular complexity index is 654. The Morgan fingerprint density at radius 1 is 1.48 bits per heavy atom. The van der Waals surface area contributed by atoms with Crippen LogP contribution in [-0.4, -0.2) is 24.1 Å². The number of aromatic nitrogens is 1. The zero-order valence-corrected chi connectivity index (χ0v) is 13.8. The average Bonchev–Trinajstić information content (AvgIpc) is 2.86. The molecule has 1 aromatic heterocycles. The molecule has 0 atom stereocenters. The zero-order chi connectivity index (χ0) is 15.2. The number of rotatable bonds is 7. The fourth-order valence-electron chi connectivity index (χ4n) is 2.02. The van der Waals surface area contributed by atoms with Crippen molar-refractivity contribution in [3.05, 3.63) is 46.2 Å². The summed E-state index contributed by atoms with van der Waals surface area (Å²) in [6.45, 7) is 4.80. The highest BCUT2D eigenvalue weighted by atomic mass is 79.9. The van der Waals surface area contributed by atoms with Gasteiger partial charge in [0.2, 0.25) is 0 Å². The molecule has 2 N–H and O–H groups in total. The Morgan fingerprint density at radius 2 is 2.29 bits per heavy atom. The standard InChI is InChI=1S/C15H16BrClN2O2/c1-2-18-5-3-4-6-21-15(20)11-9-19-13-8-10(17)7-12(16)14(11)13/h2,7-9,18-19H,1,3-6H2. The number of nitrogens with one attached hydrogen (secondary N) is 2. The molecule has 0 unspecified atom stereocenters. The first kappa shape index (κ1) is 15.9. The molecule has 4 nitrogen and oxygen atoms in total. The first-order chi connectivity index (χ1) is 10.1. The van der Waals surface area contributed by atoms with Crippen molar-refractivity contribution in [2.45, 2.75) is 12.8 Å². The molecule has 0 aliphatic carbocycles. The van der Waals surface area contributed by atoms with Gasteiger partial charge in [0, 0.05) is 33.1 Å². The highest BCUT2D eigenvalue weighted by molar-refractivity contribution is 9.10. The van der Waals surface area contributed by atoms with E-state index < -0.39 is 0 Å². The van der Waals surface area contributed by atoms with Crippen LogP contribution in [0.1, 0.15) is 23.2 Å². The lowest BCUT2D eigenvalue weighted by atomic mass is 10.2. The SMILES string of the molecule is C=CNCCCCOC(=O)c1c[nH]c2cc(Cl)cc(Br)c12. The molecule has 0 amide bonds. The predicted octanol–water partition coefficient (Wildman–Crippen LogP) is 4.25. The molecule has 0 aliphatic rings. The molecular formula is C15H16BrClN2O2. The molecule has 6 heteroatoms. The van der Waals surface area contributed by atoms with Crippen LogP contribution in [-0.2, 0) is 4.74 Å². The molecule has 1 heterocycles. The van der Waals surface area contributed by atoms with E-state index in [-0.39, 0.29) is 5.97 Å². The average molecular weight is 372 g/mol. The summed E-state index contributed by atoms with van der Waals surface area (Å²) in [4.78, 5) is 15.2. The number of hydrogen-bond donors (Lipinski definition) is 2. The van der Waals surface area contributed by atoms with Gasteiger partial charge in [-0.1, -0.05) is 34.1 Å². The van der Waals surface area contributed by atoms with Gasteiger partial charge in [-0.05, 0) is 31.2 Å². The fourth-order valence-corrected chi connectivity index (χ4v) is 3.04. The fraction of sp³-hybridized carbons (Fsp3) is 0.267. The Hall–Kier alpha value is -1.46. The number of unbranched alkanes of at least 4 members (excludes halogenated alkanes) is 1. The number of ether oxygens (including phenoxy) is 1. The van der Waals surface area contributed by atoms with Crippen molar-refractivity contribution in [2.24, 2.45) is 0 Å². The van der Waals surface area contributed by atoms with Crippen molar-refractivity contribution < 1.29 is 9.53 Å². The first-order valence-corrected chi connectivity index (χ1v) is 7.78. The number of fused-ring (bicyclic) bond motifs is 1. The van der Waals surface area contributed by atoms with Gasteiger partial charge in [-0.25, -0.2) is 4.79 Å². The zero-order valence-electron chi connectivity index (χ0n) is 11.4. The second kappa shape index (κ2) is 7.52. The molecule has 0 aliphatic heterocycles. The van der Waals surface area contributed by atoms with E-state index in [1.165, 1.54) is 0 Å². The van der Waals surface area contributed by atoms with Crippen LogP contribution >= 0.6 is 27.5 Å². The van der Waals surface area contributed by atoms with Gasteiger partial charge in [-0.3, -0.25) is 0 Å². The van der Waals surface area contributed by atoms with E-state index >= 15 is 0 Å². The van der Waals surface area contributed by atoms with Crippen LogP contribution in [0.3, 0.4) is 0 Å². The van der Waals surface area contributed by atoms with Crippen LogP contribution < -0.4 is 5.32 Å². The molecular weight excluding hydrogens is 356 g/mol. The number of hydrogen-bond acceptors (Lipinski definition) is 3. The predicted molar refractivity (Wildman–Crippen MR) is 88.7 cm³/mol. The maximum Gasteiger partial charge on any atom is 0.340 e. The van der Waals surface area contributed by atoms with Crippen LogP contribution in [0, 0.1) is 0 Å². The molecule has 0 radical (unpaired) electrons. The summed E-state index contributed by atoms with van der Waals surface area (Å²) in [5, 5.41) is 4.39. The minimum atomic E-state index is -0.332.